The number of carbonyl (C=O) groups is 2. The Balaban J connectivity index is 1.43. The molecule has 1 amide bonds. The first-order chi connectivity index (χ1) is 20.2. The fourth-order valence-corrected chi connectivity index (χ4v) is 5.40. The maximum atomic E-state index is 15.1. The molecule has 5 rings (SSSR count). The van der Waals surface area contributed by atoms with E-state index in [0.717, 1.165) is 12.1 Å². The number of fused-ring (bicyclic) bond motifs is 1. The van der Waals surface area contributed by atoms with Crippen molar-refractivity contribution in [2.24, 2.45) is 0 Å². The molecule has 0 bridgehead atoms. The second-order valence-corrected chi connectivity index (χ2v) is 10.3. The van der Waals surface area contributed by atoms with Gasteiger partial charge in [0.05, 0.1) is 25.3 Å². The zero-order chi connectivity index (χ0) is 30.0. The molecule has 1 unspecified atom stereocenters. The first-order valence-corrected chi connectivity index (χ1v) is 13.5. The molecule has 2 N–H and O–H groups in total. The van der Waals surface area contributed by atoms with Gasteiger partial charge in [0.2, 0.25) is 0 Å². The van der Waals surface area contributed by atoms with Gasteiger partial charge in [0.1, 0.15) is 23.2 Å². The SMILES string of the molecule is [C-]#[N+]c1ccc(-c2ccc(C[C@H](NC(=O)c3c(F)cc(N4CCOCC4C)cc3F)C(=O)O)c3cccnc23)c(Cl)c1. The molecule has 8 nitrogen and oxygen atoms in total. The molecule has 0 radical (unpaired) electrons. The van der Waals surface area contributed by atoms with Gasteiger partial charge < -0.3 is 20.1 Å². The summed E-state index contributed by atoms with van der Waals surface area (Å²) in [4.78, 5) is 34.8. The molecule has 0 spiro atoms. The van der Waals surface area contributed by atoms with Crippen LogP contribution in [-0.2, 0) is 16.0 Å². The van der Waals surface area contributed by atoms with Crippen LogP contribution in [0, 0.1) is 18.2 Å². The molecule has 4 aromatic rings. The minimum absolute atomic E-state index is 0.113. The Bertz CT molecular complexity index is 1720. The second kappa shape index (κ2) is 12.1. The maximum absolute atomic E-state index is 15.1. The van der Waals surface area contributed by atoms with Gasteiger partial charge in [0.25, 0.3) is 5.91 Å². The van der Waals surface area contributed by atoms with Crippen LogP contribution in [0.1, 0.15) is 22.8 Å². The molecular weight excluding hydrogens is 566 g/mol. The summed E-state index contributed by atoms with van der Waals surface area (Å²) in [6.45, 7) is 10.3. The number of carboxylic acids is 1. The number of aromatic nitrogens is 1. The number of carboxylic acid groups (broad SMARTS) is 1. The van der Waals surface area contributed by atoms with E-state index in [2.05, 4.69) is 15.1 Å². The Morgan fingerprint density at radius 1 is 1.19 bits per heavy atom. The van der Waals surface area contributed by atoms with E-state index in [4.69, 9.17) is 22.9 Å². The van der Waals surface area contributed by atoms with Gasteiger partial charge in [-0.1, -0.05) is 41.9 Å². The van der Waals surface area contributed by atoms with Crippen molar-refractivity contribution >= 4 is 45.8 Å². The van der Waals surface area contributed by atoms with Gasteiger partial charge in [-0.2, -0.15) is 0 Å². The standard InChI is InChI=1S/C31H25ClF2N4O4/c1-17-16-42-11-10-38(17)20-14-25(33)28(26(34)15-20)30(39)37-27(31(40)41)12-18-5-7-23(29-21(18)4-3-9-36-29)22-8-6-19(35-2)13-24(22)32/h3-9,13-15,17,27H,10-12,16H2,1H3,(H,37,39)(H,40,41)/t17?,27-/m0/s1. The highest BCUT2D eigenvalue weighted by Gasteiger charge is 2.28. The van der Waals surface area contributed by atoms with Crippen molar-refractivity contribution in [3.05, 3.63) is 100.0 Å². The number of amides is 1. The zero-order valence-electron chi connectivity index (χ0n) is 22.4. The summed E-state index contributed by atoms with van der Waals surface area (Å²) in [5.74, 6) is -4.73. The Morgan fingerprint density at radius 3 is 2.60 bits per heavy atom. The first kappa shape index (κ1) is 28.9. The van der Waals surface area contributed by atoms with Crippen LogP contribution in [0.25, 0.3) is 26.9 Å². The predicted octanol–water partition coefficient (Wildman–Crippen LogP) is 6.03. The summed E-state index contributed by atoms with van der Waals surface area (Å²) in [5.41, 5.74) is 2.19. The van der Waals surface area contributed by atoms with Gasteiger partial charge in [-0.05, 0) is 42.3 Å². The molecule has 0 aliphatic carbocycles. The van der Waals surface area contributed by atoms with Gasteiger partial charge in [0, 0.05) is 46.9 Å². The number of hydrogen-bond donors (Lipinski definition) is 2. The molecular formula is C31H25ClF2N4O4. The van der Waals surface area contributed by atoms with E-state index in [9.17, 15) is 14.7 Å². The number of morpholine rings is 1. The third-order valence-corrected chi connectivity index (χ3v) is 7.53. The molecule has 11 heteroatoms. The van der Waals surface area contributed by atoms with Crippen LogP contribution < -0.4 is 10.2 Å². The molecule has 42 heavy (non-hydrogen) atoms. The first-order valence-electron chi connectivity index (χ1n) is 13.1. The summed E-state index contributed by atoms with van der Waals surface area (Å²) in [6.07, 6.45) is 1.40. The average molecular weight is 591 g/mol. The van der Waals surface area contributed by atoms with Crippen LogP contribution in [0.2, 0.25) is 5.02 Å². The molecule has 214 valence electrons. The lowest BCUT2D eigenvalue weighted by Gasteiger charge is -2.35. The highest BCUT2D eigenvalue weighted by Crippen LogP contribution is 2.36. The molecule has 1 saturated heterocycles. The minimum atomic E-state index is -1.49. The average Bonchev–Trinajstić information content (AvgIpc) is 2.97. The number of rotatable bonds is 7. The van der Waals surface area contributed by atoms with E-state index in [0.29, 0.717) is 58.1 Å². The van der Waals surface area contributed by atoms with Crippen LogP contribution in [0.4, 0.5) is 20.2 Å². The fourth-order valence-electron chi connectivity index (χ4n) is 5.12. The highest BCUT2D eigenvalue weighted by atomic mass is 35.5. The number of ether oxygens (including phenoxy) is 1. The van der Waals surface area contributed by atoms with Crippen molar-refractivity contribution in [3.8, 4) is 11.1 Å². The summed E-state index contributed by atoms with van der Waals surface area (Å²) in [5, 5.41) is 13.2. The number of carbonyl (C=O) groups excluding carboxylic acids is 1. The molecule has 2 atom stereocenters. The van der Waals surface area contributed by atoms with Crippen molar-refractivity contribution in [2.75, 3.05) is 24.7 Å². The van der Waals surface area contributed by atoms with E-state index in [1.807, 2.05) is 6.92 Å². The van der Waals surface area contributed by atoms with Gasteiger partial charge in [-0.15, -0.1) is 0 Å². The van der Waals surface area contributed by atoms with Crippen LogP contribution in [0.15, 0.2) is 60.8 Å². The lowest BCUT2D eigenvalue weighted by atomic mass is 9.95. The molecule has 2 heterocycles. The lowest BCUT2D eigenvalue weighted by molar-refractivity contribution is -0.139. The van der Waals surface area contributed by atoms with Crippen LogP contribution >= 0.6 is 11.6 Å². The van der Waals surface area contributed by atoms with E-state index in [1.54, 1.807) is 53.6 Å². The number of nitrogens with one attached hydrogen (secondary N) is 1. The van der Waals surface area contributed by atoms with Crippen LogP contribution in [0.3, 0.4) is 0 Å². The third-order valence-electron chi connectivity index (χ3n) is 7.21. The third kappa shape index (κ3) is 5.75. The Labute approximate surface area is 245 Å². The molecule has 1 fully saturated rings. The van der Waals surface area contributed by atoms with E-state index >= 15 is 8.78 Å². The molecule has 1 aromatic heterocycles. The molecule has 1 aliphatic rings. The van der Waals surface area contributed by atoms with E-state index < -0.39 is 35.1 Å². The Hall–Kier alpha value is -4.59. The Morgan fingerprint density at radius 2 is 1.93 bits per heavy atom. The summed E-state index contributed by atoms with van der Waals surface area (Å²) < 4.78 is 35.5. The Kier molecular flexibility index (Phi) is 8.34. The smallest absolute Gasteiger partial charge is 0.326 e. The van der Waals surface area contributed by atoms with Crippen molar-refractivity contribution < 1.29 is 28.2 Å². The lowest BCUT2D eigenvalue weighted by Crippen LogP contribution is -2.44. The number of pyridine rings is 1. The normalized spacial score (nSPS) is 15.7. The largest absolute Gasteiger partial charge is 0.480 e. The van der Waals surface area contributed by atoms with Crippen LogP contribution in [-0.4, -0.2) is 53.8 Å². The van der Waals surface area contributed by atoms with Crippen molar-refractivity contribution in [2.45, 2.75) is 25.4 Å². The van der Waals surface area contributed by atoms with Crippen molar-refractivity contribution in [1.29, 1.82) is 0 Å². The summed E-state index contributed by atoms with van der Waals surface area (Å²) in [6, 6.07) is 12.3. The number of anilines is 1. The van der Waals surface area contributed by atoms with Gasteiger partial charge in [0.15, 0.2) is 5.69 Å². The molecule has 1 aliphatic heterocycles. The second-order valence-electron chi connectivity index (χ2n) is 9.92. The monoisotopic (exact) mass is 590 g/mol. The quantitative estimate of drug-likeness (QED) is 0.255. The molecule has 0 saturated carbocycles. The number of hydrogen-bond acceptors (Lipinski definition) is 5. The number of nitrogens with zero attached hydrogens (tertiary/aromatic N) is 3. The molecule has 3 aromatic carbocycles. The van der Waals surface area contributed by atoms with E-state index in [1.165, 1.54) is 0 Å². The number of benzene rings is 3. The predicted molar refractivity (Wildman–Crippen MR) is 155 cm³/mol. The van der Waals surface area contributed by atoms with Crippen LogP contribution in [0.5, 0.6) is 0 Å². The number of aliphatic carboxylic acids is 1. The highest BCUT2D eigenvalue weighted by molar-refractivity contribution is 6.34. The summed E-state index contributed by atoms with van der Waals surface area (Å²) in [7, 11) is 0. The zero-order valence-corrected chi connectivity index (χ0v) is 23.2. The van der Waals surface area contributed by atoms with E-state index in [-0.39, 0.29) is 18.2 Å². The topological polar surface area (TPSA) is 96.1 Å². The van der Waals surface area contributed by atoms with Gasteiger partial charge in [-0.3, -0.25) is 9.78 Å². The minimum Gasteiger partial charge on any atom is -0.480 e. The number of halogens is 3. The van der Waals surface area contributed by atoms with Crippen molar-refractivity contribution in [3.63, 3.8) is 0 Å². The maximum Gasteiger partial charge on any atom is 0.326 e. The van der Waals surface area contributed by atoms with Gasteiger partial charge >= 0.3 is 5.97 Å². The van der Waals surface area contributed by atoms with Crippen molar-refractivity contribution in [1.82, 2.24) is 10.3 Å². The summed E-state index contributed by atoms with van der Waals surface area (Å²) >= 11 is 6.44. The fraction of sp³-hybridized carbons (Fsp3) is 0.226. The van der Waals surface area contributed by atoms with Gasteiger partial charge in [-0.25, -0.2) is 18.4 Å².